The fraction of sp³-hybridized carbons (Fsp3) is 0.538. The quantitative estimate of drug-likeness (QED) is 0.872. The van der Waals surface area contributed by atoms with Crippen molar-refractivity contribution in [3.05, 3.63) is 23.4 Å². The molecule has 18 heavy (non-hydrogen) atoms. The van der Waals surface area contributed by atoms with E-state index in [4.69, 9.17) is 5.73 Å². The Hall–Kier alpha value is -1.62. The Morgan fingerprint density at radius 2 is 2.00 bits per heavy atom. The maximum Gasteiger partial charge on any atom is 0.123 e. The van der Waals surface area contributed by atoms with Crippen molar-refractivity contribution in [2.45, 2.75) is 33.7 Å². The summed E-state index contributed by atoms with van der Waals surface area (Å²) in [6, 6.07) is -0.0592. The van der Waals surface area contributed by atoms with Gasteiger partial charge in [0.1, 0.15) is 5.82 Å². The number of aromatic amines is 1. The Morgan fingerprint density at radius 1 is 1.33 bits per heavy atom. The van der Waals surface area contributed by atoms with Crippen LogP contribution in [0.2, 0.25) is 0 Å². The van der Waals surface area contributed by atoms with Crippen LogP contribution >= 0.6 is 0 Å². The van der Waals surface area contributed by atoms with Gasteiger partial charge in [0, 0.05) is 18.3 Å². The highest BCUT2D eigenvalue weighted by Crippen LogP contribution is 2.26. The van der Waals surface area contributed by atoms with E-state index in [-0.39, 0.29) is 6.04 Å². The van der Waals surface area contributed by atoms with E-state index in [1.807, 2.05) is 24.9 Å². The molecule has 2 heterocycles. The SMILES string of the molecule is Cc1nn(C)c(C)c1-c1cnc(C(N)C(C)C)[nH]1. The minimum Gasteiger partial charge on any atom is -0.341 e. The fourth-order valence-corrected chi connectivity index (χ4v) is 2.11. The summed E-state index contributed by atoms with van der Waals surface area (Å²) in [5.41, 5.74) is 10.3. The molecule has 2 aromatic rings. The third kappa shape index (κ3) is 2.06. The summed E-state index contributed by atoms with van der Waals surface area (Å²) in [5.74, 6) is 1.20. The number of rotatable bonds is 3. The molecule has 0 aliphatic heterocycles. The van der Waals surface area contributed by atoms with Crippen LogP contribution in [0.1, 0.15) is 37.1 Å². The standard InChI is InChI=1S/C13H21N5/c1-7(2)12(14)13-15-6-10(16-13)11-8(3)17-18(5)9(11)4/h6-7,12H,14H2,1-5H3,(H,15,16). The minimum absolute atomic E-state index is 0.0592. The lowest BCUT2D eigenvalue weighted by atomic mass is 10.1. The first kappa shape index (κ1) is 12.8. The van der Waals surface area contributed by atoms with Gasteiger partial charge in [-0.25, -0.2) is 4.98 Å². The highest BCUT2D eigenvalue weighted by Gasteiger charge is 2.17. The number of aromatic nitrogens is 4. The zero-order valence-electron chi connectivity index (χ0n) is 11.7. The molecule has 0 bridgehead atoms. The van der Waals surface area contributed by atoms with E-state index in [1.165, 1.54) is 0 Å². The van der Waals surface area contributed by atoms with Gasteiger partial charge < -0.3 is 10.7 Å². The van der Waals surface area contributed by atoms with Gasteiger partial charge in [-0.2, -0.15) is 5.10 Å². The summed E-state index contributed by atoms with van der Waals surface area (Å²) in [5, 5.41) is 4.41. The normalized spacial score (nSPS) is 13.3. The summed E-state index contributed by atoms with van der Waals surface area (Å²) in [7, 11) is 1.95. The molecular formula is C13H21N5. The number of nitrogens with one attached hydrogen (secondary N) is 1. The predicted molar refractivity (Wildman–Crippen MR) is 72.0 cm³/mol. The molecule has 3 N–H and O–H groups in total. The van der Waals surface area contributed by atoms with Gasteiger partial charge in [0.25, 0.3) is 0 Å². The van der Waals surface area contributed by atoms with Gasteiger partial charge in [0.2, 0.25) is 0 Å². The maximum absolute atomic E-state index is 6.10. The number of hydrogen-bond donors (Lipinski definition) is 2. The number of aryl methyl sites for hydroxylation is 2. The molecule has 2 aromatic heterocycles. The zero-order valence-corrected chi connectivity index (χ0v) is 11.7. The van der Waals surface area contributed by atoms with E-state index in [9.17, 15) is 0 Å². The molecule has 0 aliphatic rings. The number of nitrogens with two attached hydrogens (primary N) is 1. The summed E-state index contributed by atoms with van der Waals surface area (Å²) in [6.45, 7) is 8.24. The molecule has 0 radical (unpaired) electrons. The second kappa shape index (κ2) is 4.57. The van der Waals surface area contributed by atoms with Crippen LogP contribution in [-0.2, 0) is 7.05 Å². The second-order valence-electron chi connectivity index (χ2n) is 5.12. The predicted octanol–water partition coefficient (Wildman–Crippen LogP) is 2.08. The zero-order chi connectivity index (χ0) is 13.4. The van der Waals surface area contributed by atoms with Crippen LogP contribution in [0.3, 0.4) is 0 Å². The van der Waals surface area contributed by atoms with Crippen molar-refractivity contribution in [3.8, 4) is 11.3 Å². The largest absolute Gasteiger partial charge is 0.341 e. The minimum atomic E-state index is -0.0592. The molecule has 0 saturated carbocycles. The molecular weight excluding hydrogens is 226 g/mol. The van der Waals surface area contributed by atoms with Gasteiger partial charge in [-0.1, -0.05) is 13.8 Å². The molecule has 5 nitrogen and oxygen atoms in total. The van der Waals surface area contributed by atoms with Crippen molar-refractivity contribution < 1.29 is 0 Å². The Kier molecular flexibility index (Phi) is 3.26. The van der Waals surface area contributed by atoms with Gasteiger partial charge in [0.15, 0.2) is 0 Å². The van der Waals surface area contributed by atoms with Gasteiger partial charge in [-0.3, -0.25) is 4.68 Å². The van der Waals surface area contributed by atoms with Crippen LogP contribution in [0.25, 0.3) is 11.3 Å². The molecule has 1 atom stereocenters. The monoisotopic (exact) mass is 247 g/mol. The number of nitrogens with zero attached hydrogens (tertiary/aromatic N) is 3. The highest BCUT2D eigenvalue weighted by molar-refractivity contribution is 5.64. The molecule has 0 spiro atoms. The Bertz CT molecular complexity index is 550. The van der Waals surface area contributed by atoms with Crippen molar-refractivity contribution in [1.29, 1.82) is 0 Å². The van der Waals surface area contributed by atoms with Gasteiger partial charge in [0.05, 0.1) is 23.6 Å². The lowest BCUT2D eigenvalue weighted by molar-refractivity contribution is 0.494. The van der Waals surface area contributed by atoms with Crippen molar-refractivity contribution in [1.82, 2.24) is 19.7 Å². The smallest absolute Gasteiger partial charge is 0.123 e. The third-order valence-corrected chi connectivity index (χ3v) is 3.41. The summed E-state index contributed by atoms with van der Waals surface area (Å²) in [4.78, 5) is 7.70. The van der Waals surface area contributed by atoms with Crippen LogP contribution in [-0.4, -0.2) is 19.7 Å². The van der Waals surface area contributed by atoms with Crippen molar-refractivity contribution >= 4 is 0 Å². The van der Waals surface area contributed by atoms with Crippen LogP contribution < -0.4 is 5.73 Å². The molecule has 2 rings (SSSR count). The van der Waals surface area contributed by atoms with Crippen LogP contribution in [0.15, 0.2) is 6.20 Å². The first-order valence-electron chi connectivity index (χ1n) is 6.22. The molecule has 0 aromatic carbocycles. The Labute approximate surface area is 107 Å². The van der Waals surface area contributed by atoms with E-state index in [1.54, 1.807) is 0 Å². The summed E-state index contributed by atoms with van der Waals surface area (Å²) >= 11 is 0. The molecule has 0 aliphatic carbocycles. The third-order valence-electron chi connectivity index (χ3n) is 3.41. The Morgan fingerprint density at radius 3 is 2.50 bits per heavy atom. The lowest BCUT2D eigenvalue weighted by Gasteiger charge is -2.12. The maximum atomic E-state index is 6.10. The van der Waals surface area contributed by atoms with Crippen molar-refractivity contribution in [2.75, 3.05) is 0 Å². The number of H-pyrrole nitrogens is 1. The van der Waals surface area contributed by atoms with Crippen LogP contribution in [0.4, 0.5) is 0 Å². The van der Waals surface area contributed by atoms with E-state index in [0.717, 1.165) is 28.5 Å². The molecule has 0 amide bonds. The molecule has 98 valence electrons. The number of hydrogen-bond acceptors (Lipinski definition) is 3. The molecule has 0 saturated heterocycles. The van der Waals surface area contributed by atoms with E-state index >= 15 is 0 Å². The van der Waals surface area contributed by atoms with E-state index in [2.05, 4.69) is 35.8 Å². The summed E-state index contributed by atoms with van der Waals surface area (Å²) in [6.07, 6.45) is 1.84. The second-order valence-corrected chi connectivity index (χ2v) is 5.12. The van der Waals surface area contributed by atoms with Crippen LogP contribution in [0.5, 0.6) is 0 Å². The van der Waals surface area contributed by atoms with E-state index < -0.39 is 0 Å². The fourth-order valence-electron chi connectivity index (χ4n) is 2.11. The van der Waals surface area contributed by atoms with Crippen molar-refractivity contribution in [3.63, 3.8) is 0 Å². The highest BCUT2D eigenvalue weighted by atomic mass is 15.3. The van der Waals surface area contributed by atoms with Gasteiger partial charge >= 0.3 is 0 Å². The average Bonchev–Trinajstić information content (AvgIpc) is 2.84. The van der Waals surface area contributed by atoms with Crippen molar-refractivity contribution in [2.24, 2.45) is 18.7 Å². The van der Waals surface area contributed by atoms with Gasteiger partial charge in [-0.05, 0) is 19.8 Å². The molecule has 5 heteroatoms. The average molecular weight is 247 g/mol. The Balaban J connectivity index is 2.41. The number of imidazole rings is 1. The summed E-state index contributed by atoms with van der Waals surface area (Å²) < 4.78 is 1.88. The first-order valence-corrected chi connectivity index (χ1v) is 6.22. The topological polar surface area (TPSA) is 72.5 Å². The van der Waals surface area contributed by atoms with Crippen LogP contribution in [0, 0.1) is 19.8 Å². The molecule has 1 unspecified atom stereocenters. The molecule has 0 fully saturated rings. The lowest BCUT2D eigenvalue weighted by Crippen LogP contribution is -2.18. The first-order chi connectivity index (χ1) is 8.41. The van der Waals surface area contributed by atoms with Gasteiger partial charge in [-0.15, -0.1) is 0 Å². The van der Waals surface area contributed by atoms with E-state index in [0.29, 0.717) is 5.92 Å².